The highest BCUT2D eigenvalue weighted by Crippen LogP contribution is 2.42. The minimum Gasteiger partial charge on any atom is -0.378 e. The summed E-state index contributed by atoms with van der Waals surface area (Å²) < 4.78 is 48.0. The Labute approximate surface area is 151 Å². The first-order chi connectivity index (χ1) is 12.0. The van der Waals surface area contributed by atoms with Gasteiger partial charge in [-0.3, -0.25) is 0 Å². The van der Waals surface area contributed by atoms with E-state index in [0.717, 1.165) is 31.4 Å². The van der Waals surface area contributed by atoms with Crippen molar-refractivity contribution in [2.45, 2.75) is 90.1 Å². The maximum atomic E-state index is 14.4. The van der Waals surface area contributed by atoms with E-state index in [9.17, 15) is 13.2 Å². The maximum absolute atomic E-state index is 14.4. The van der Waals surface area contributed by atoms with Crippen LogP contribution in [-0.4, -0.2) is 12.7 Å². The van der Waals surface area contributed by atoms with E-state index in [-0.39, 0.29) is 5.56 Å². The molecule has 0 bridgehead atoms. The lowest BCUT2D eigenvalue weighted by Gasteiger charge is -2.39. The molecule has 0 aliphatic carbocycles. The molecule has 25 heavy (non-hydrogen) atoms. The molecule has 0 saturated carbocycles. The molecular formula is C21H33F3O. The third-order valence-electron chi connectivity index (χ3n) is 5.48. The molecule has 4 heteroatoms. The number of unbranched alkanes of at least 4 members (excludes halogenated alkanes) is 5. The third kappa shape index (κ3) is 5.73. The number of hydrogen-bond acceptors (Lipinski definition) is 1. The summed E-state index contributed by atoms with van der Waals surface area (Å²) in [5.74, 6) is -2.92. The topological polar surface area (TPSA) is 9.23 Å². The summed E-state index contributed by atoms with van der Waals surface area (Å²) in [5, 5.41) is 0. The SMILES string of the molecule is CCCCCCCCC(c1c(F)cc(F)cc1F)C(CC)(CC)OC. The Morgan fingerprint density at radius 1 is 0.880 bits per heavy atom. The van der Waals surface area contributed by atoms with Crippen LogP contribution in [0.1, 0.15) is 90.0 Å². The van der Waals surface area contributed by atoms with Crippen molar-refractivity contribution in [1.82, 2.24) is 0 Å². The Balaban J connectivity index is 3.04. The molecule has 0 spiro atoms. The van der Waals surface area contributed by atoms with Crippen LogP contribution in [-0.2, 0) is 4.74 Å². The lowest BCUT2D eigenvalue weighted by Crippen LogP contribution is -2.38. The predicted octanol–water partition coefficient (Wildman–Crippen LogP) is 7.14. The van der Waals surface area contributed by atoms with Crippen LogP contribution < -0.4 is 0 Å². The van der Waals surface area contributed by atoms with Crippen molar-refractivity contribution in [3.63, 3.8) is 0 Å². The average Bonchev–Trinajstić information content (AvgIpc) is 2.58. The lowest BCUT2D eigenvalue weighted by atomic mass is 9.75. The van der Waals surface area contributed by atoms with E-state index in [4.69, 9.17) is 4.74 Å². The molecule has 0 aliphatic rings. The number of hydrogen-bond donors (Lipinski definition) is 0. The van der Waals surface area contributed by atoms with Crippen LogP contribution in [0.4, 0.5) is 13.2 Å². The first kappa shape index (κ1) is 22.0. The van der Waals surface area contributed by atoms with Crippen LogP contribution in [0.25, 0.3) is 0 Å². The molecule has 0 N–H and O–H groups in total. The van der Waals surface area contributed by atoms with Gasteiger partial charge < -0.3 is 4.74 Å². The summed E-state index contributed by atoms with van der Waals surface area (Å²) in [6, 6.07) is 1.55. The Morgan fingerprint density at radius 3 is 1.88 bits per heavy atom. The Hall–Kier alpha value is -1.03. The molecule has 1 atom stereocenters. The van der Waals surface area contributed by atoms with Crippen LogP contribution in [0, 0.1) is 17.5 Å². The van der Waals surface area contributed by atoms with Gasteiger partial charge in [0, 0.05) is 30.7 Å². The minimum absolute atomic E-state index is 0.0273. The van der Waals surface area contributed by atoms with Gasteiger partial charge in [0.15, 0.2) is 0 Å². The summed E-state index contributed by atoms with van der Waals surface area (Å²) in [7, 11) is 1.60. The summed E-state index contributed by atoms with van der Waals surface area (Å²) >= 11 is 0. The summed E-state index contributed by atoms with van der Waals surface area (Å²) in [6.45, 7) is 6.12. The molecule has 0 saturated heterocycles. The molecule has 0 radical (unpaired) electrons. The van der Waals surface area contributed by atoms with Crippen molar-refractivity contribution in [1.29, 1.82) is 0 Å². The monoisotopic (exact) mass is 358 g/mol. The van der Waals surface area contributed by atoms with Gasteiger partial charge in [0.2, 0.25) is 0 Å². The summed E-state index contributed by atoms with van der Waals surface area (Å²) in [4.78, 5) is 0. The zero-order chi connectivity index (χ0) is 18.9. The summed E-state index contributed by atoms with van der Waals surface area (Å²) in [5.41, 5.74) is -0.663. The molecule has 0 fully saturated rings. The van der Waals surface area contributed by atoms with Gasteiger partial charge in [-0.15, -0.1) is 0 Å². The van der Waals surface area contributed by atoms with Crippen molar-refractivity contribution in [2.75, 3.05) is 7.11 Å². The quantitative estimate of drug-likeness (QED) is 0.361. The molecule has 1 unspecified atom stereocenters. The first-order valence-corrected chi connectivity index (χ1v) is 9.65. The number of ether oxygens (including phenoxy) is 1. The van der Waals surface area contributed by atoms with E-state index in [0.29, 0.717) is 19.3 Å². The first-order valence-electron chi connectivity index (χ1n) is 9.65. The molecular weight excluding hydrogens is 325 g/mol. The van der Waals surface area contributed by atoms with Crippen molar-refractivity contribution < 1.29 is 17.9 Å². The highest BCUT2D eigenvalue weighted by atomic mass is 19.1. The van der Waals surface area contributed by atoms with Crippen molar-refractivity contribution in [3.05, 3.63) is 35.1 Å². The average molecular weight is 358 g/mol. The van der Waals surface area contributed by atoms with E-state index in [1.807, 2.05) is 13.8 Å². The number of methoxy groups -OCH3 is 1. The largest absolute Gasteiger partial charge is 0.378 e. The highest BCUT2D eigenvalue weighted by molar-refractivity contribution is 5.27. The molecule has 1 aromatic rings. The molecule has 0 aliphatic heterocycles. The zero-order valence-electron chi connectivity index (χ0n) is 16.1. The smallest absolute Gasteiger partial charge is 0.132 e. The Morgan fingerprint density at radius 2 is 1.40 bits per heavy atom. The van der Waals surface area contributed by atoms with Gasteiger partial charge in [0.1, 0.15) is 17.5 Å². The Bertz CT molecular complexity index is 481. The van der Waals surface area contributed by atoms with E-state index in [1.54, 1.807) is 7.11 Å². The molecule has 0 heterocycles. The predicted molar refractivity (Wildman–Crippen MR) is 97.4 cm³/mol. The third-order valence-corrected chi connectivity index (χ3v) is 5.48. The zero-order valence-corrected chi connectivity index (χ0v) is 16.1. The molecule has 1 rings (SSSR count). The molecule has 0 amide bonds. The second-order valence-electron chi connectivity index (χ2n) is 6.87. The fraction of sp³-hybridized carbons (Fsp3) is 0.714. The fourth-order valence-corrected chi connectivity index (χ4v) is 3.86. The van der Waals surface area contributed by atoms with Gasteiger partial charge in [-0.1, -0.05) is 59.3 Å². The van der Waals surface area contributed by atoms with Gasteiger partial charge in [0.25, 0.3) is 0 Å². The summed E-state index contributed by atoms with van der Waals surface area (Å²) in [6.07, 6.45) is 8.59. The van der Waals surface area contributed by atoms with E-state index < -0.39 is 29.0 Å². The fourth-order valence-electron chi connectivity index (χ4n) is 3.86. The van der Waals surface area contributed by atoms with Gasteiger partial charge in [-0.25, -0.2) is 13.2 Å². The molecule has 1 aromatic carbocycles. The highest BCUT2D eigenvalue weighted by Gasteiger charge is 2.39. The van der Waals surface area contributed by atoms with Crippen molar-refractivity contribution >= 4 is 0 Å². The lowest BCUT2D eigenvalue weighted by molar-refractivity contribution is -0.0441. The minimum atomic E-state index is -0.881. The number of halogens is 3. The van der Waals surface area contributed by atoms with Gasteiger partial charge in [-0.05, 0) is 19.3 Å². The van der Waals surface area contributed by atoms with Crippen LogP contribution >= 0.6 is 0 Å². The number of rotatable bonds is 12. The second-order valence-corrected chi connectivity index (χ2v) is 6.87. The molecule has 1 nitrogen and oxygen atoms in total. The van der Waals surface area contributed by atoms with Gasteiger partial charge >= 0.3 is 0 Å². The van der Waals surface area contributed by atoms with Crippen LogP contribution in [0.2, 0.25) is 0 Å². The normalized spacial score (nSPS) is 13.2. The molecule has 0 aromatic heterocycles. The standard InChI is InChI=1S/C21H33F3O/c1-5-8-9-10-11-12-13-17(21(6-2,7-3)25-4)20-18(23)14-16(22)15-19(20)24/h14-15,17H,5-13H2,1-4H3. The van der Waals surface area contributed by atoms with E-state index >= 15 is 0 Å². The van der Waals surface area contributed by atoms with Crippen molar-refractivity contribution in [3.8, 4) is 0 Å². The van der Waals surface area contributed by atoms with Crippen LogP contribution in [0.15, 0.2) is 12.1 Å². The molecule has 144 valence electrons. The van der Waals surface area contributed by atoms with Gasteiger partial charge in [0.05, 0.1) is 5.60 Å². The Kier molecular flexibility index (Phi) is 9.55. The van der Waals surface area contributed by atoms with Gasteiger partial charge in [-0.2, -0.15) is 0 Å². The van der Waals surface area contributed by atoms with Crippen LogP contribution in [0.3, 0.4) is 0 Å². The number of benzene rings is 1. The second kappa shape index (κ2) is 10.8. The van der Waals surface area contributed by atoms with E-state index in [1.165, 1.54) is 19.3 Å². The van der Waals surface area contributed by atoms with Crippen LogP contribution in [0.5, 0.6) is 0 Å². The maximum Gasteiger partial charge on any atom is 0.132 e. The van der Waals surface area contributed by atoms with Crippen molar-refractivity contribution in [2.24, 2.45) is 0 Å². The van der Waals surface area contributed by atoms with E-state index in [2.05, 4.69) is 6.92 Å².